The second-order valence-corrected chi connectivity index (χ2v) is 5.69. The molecule has 0 aliphatic carbocycles. The first-order valence-electron chi connectivity index (χ1n) is 5.75. The molecule has 0 spiro atoms. The molecule has 87 valence electrons. The van der Waals surface area contributed by atoms with E-state index >= 15 is 0 Å². The number of hydrogen-bond donors (Lipinski definition) is 0. The minimum absolute atomic E-state index is 0.155. The fourth-order valence-corrected chi connectivity index (χ4v) is 1.95. The predicted octanol–water partition coefficient (Wildman–Crippen LogP) is 5.10. The molecule has 0 atom stereocenters. The normalized spacial score (nSPS) is 11.5. The molecule has 2 aromatic rings. The Morgan fingerprint density at radius 1 is 1.06 bits per heavy atom. The summed E-state index contributed by atoms with van der Waals surface area (Å²) in [6.07, 6.45) is 0. The van der Waals surface area contributed by atoms with Gasteiger partial charge in [-0.3, -0.25) is 0 Å². The lowest BCUT2D eigenvalue weighted by Crippen LogP contribution is -2.10. The first-order chi connectivity index (χ1) is 7.97. The largest absolute Gasteiger partial charge is 0.0843 e. The van der Waals surface area contributed by atoms with E-state index in [-0.39, 0.29) is 5.41 Å². The molecule has 0 aromatic heterocycles. The summed E-state index contributed by atoms with van der Waals surface area (Å²) in [5.74, 6) is 0. The first-order valence-corrected chi connectivity index (χ1v) is 6.13. The molecule has 0 unspecified atom stereocenters. The van der Waals surface area contributed by atoms with Gasteiger partial charge in [0, 0.05) is 5.02 Å². The Bertz CT molecular complexity index is 521. The molecule has 0 saturated carbocycles. The fourth-order valence-electron chi connectivity index (χ4n) is 1.76. The van der Waals surface area contributed by atoms with Gasteiger partial charge in [0.1, 0.15) is 0 Å². The molecule has 0 N–H and O–H groups in total. The SMILES string of the molecule is CC(C)(C)c1cc[c]c(-c2cccc(Cl)c2)c1. The van der Waals surface area contributed by atoms with Gasteiger partial charge in [-0.2, -0.15) is 0 Å². The molecule has 0 aliphatic heterocycles. The van der Waals surface area contributed by atoms with Crippen LogP contribution >= 0.6 is 11.6 Å². The molecule has 0 bridgehead atoms. The molecular formula is C16H16Cl. The number of hydrogen-bond acceptors (Lipinski definition) is 0. The van der Waals surface area contributed by atoms with Gasteiger partial charge in [-0.15, -0.1) is 0 Å². The Hall–Kier alpha value is -1.27. The zero-order valence-corrected chi connectivity index (χ0v) is 11.2. The number of halogens is 1. The van der Waals surface area contributed by atoms with Crippen molar-refractivity contribution in [3.05, 3.63) is 59.1 Å². The third-order valence-corrected chi connectivity index (χ3v) is 3.04. The summed E-state index contributed by atoms with van der Waals surface area (Å²) in [7, 11) is 0. The van der Waals surface area contributed by atoms with Crippen molar-refractivity contribution in [3.63, 3.8) is 0 Å². The Morgan fingerprint density at radius 2 is 1.82 bits per heavy atom. The van der Waals surface area contributed by atoms with Crippen molar-refractivity contribution in [1.29, 1.82) is 0 Å². The van der Waals surface area contributed by atoms with Gasteiger partial charge in [-0.25, -0.2) is 0 Å². The van der Waals surface area contributed by atoms with E-state index in [0.717, 1.165) is 16.1 Å². The van der Waals surface area contributed by atoms with Crippen LogP contribution in [0.25, 0.3) is 11.1 Å². The third kappa shape index (κ3) is 2.89. The van der Waals surface area contributed by atoms with E-state index in [1.54, 1.807) is 0 Å². The number of benzene rings is 2. The predicted molar refractivity (Wildman–Crippen MR) is 74.4 cm³/mol. The highest BCUT2D eigenvalue weighted by atomic mass is 35.5. The van der Waals surface area contributed by atoms with Crippen molar-refractivity contribution in [2.45, 2.75) is 26.2 Å². The maximum absolute atomic E-state index is 6.01. The van der Waals surface area contributed by atoms with Gasteiger partial charge >= 0.3 is 0 Å². The van der Waals surface area contributed by atoms with Crippen molar-refractivity contribution in [2.24, 2.45) is 0 Å². The van der Waals surface area contributed by atoms with Crippen LogP contribution in [0, 0.1) is 6.07 Å². The standard InChI is InChI=1S/C16H16Cl/c1-16(2,3)14-8-4-6-12(10-14)13-7-5-9-15(17)11-13/h4-5,7-11H,1-3H3. The minimum atomic E-state index is 0.155. The lowest BCUT2D eigenvalue weighted by Gasteiger charge is -2.19. The lowest BCUT2D eigenvalue weighted by molar-refractivity contribution is 0.590. The maximum atomic E-state index is 6.01. The van der Waals surface area contributed by atoms with Crippen LogP contribution in [0.2, 0.25) is 5.02 Å². The lowest BCUT2D eigenvalue weighted by atomic mass is 9.85. The van der Waals surface area contributed by atoms with Crippen LogP contribution in [0.15, 0.2) is 42.5 Å². The Labute approximate surface area is 108 Å². The van der Waals surface area contributed by atoms with Crippen LogP contribution < -0.4 is 0 Å². The molecule has 0 amide bonds. The molecular weight excluding hydrogens is 228 g/mol. The van der Waals surface area contributed by atoms with E-state index in [4.69, 9.17) is 11.6 Å². The van der Waals surface area contributed by atoms with Gasteiger partial charge in [0.05, 0.1) is 0 Å². The molecule has 1 radical (unpaired) electrons. The quantitative estimate of drug-likeness (QED) is 0.653. The molecule has 0 saturated heterocycles. The highest BCUT2D eigenvalue weighted by Crippen LogP contribution is 2.28. The maximum Gasteiger partial charge on any atom is 0.0412 e. The third-order valence-electron chi connectivity index (χ3n) is 2.80. The van der Waals surface area contributed by atoms with Crippen LogP contribution in [0.5, 0.6) is 0 Å². The van der Waals surface area contributed by atoms with E-state index in [1.807, 2.05) is 24.3 Å². The van der Waals surface area contributed by atoms with Crippen LogP contribution in [0.1, 0.15) is 26.3 Å². The van der Waals surface area contributed by atoms with Crippen molar-refractivity contribution in [3.8, 4) is 11.1 Å². The van der Waals surface area contributed by atoms with Gasteiger partial charge in [-0.1, -0.05) is 62.7 Å². The summed E-state index contributed by atoms with van der Waals surface area (Å²) in [6.45, 7) is 6.64. The Morgan fingerprint density at radius 3 is 2.47 bits per heavy atom. The molecule has 1 heteroatoms. The van der Waals surface area contributed by atoms with E-state index < -0.39 is 0 Å². The average molecular weight is 244 g/mol. The molecule has 2 rings (SSSR count). The topological polar surface area (TPSA) is 0 Å². The van der Waals surface area contributed by atoms with Gasteiger partial charge in [0.2, 0.25) is 0 Å². The van der Waals surface area contributed by atoms with Gasteiger partial charge < -0.3 is 0 Å². The smallest absolute Gasteiger partial charge is 0.0412 e. The molecule has 17 heavy (non-hydrogen) atoms. The van der Waals surface area contributed by atoms with E-state index in [9.17, 15) is 0 Å². The van der Waals surface area contributed by atoms with Crippen LogP contribution in [-0.2, 0) is 5.41 Å². The summed E-state index contributed by atoms with van der Waals surface area (Å²) < 4.78 is 0. The highest BCUT2D eigenvalue weighted by Gasteiger charge is 2.13. The number of rotatable bonds is 1. The Kier molecular flexibility index (Phi) is 3.26. The van der Waals surface area contributed by atoms with Crippen LogP contribution in [0.4, 0.5) is 0 Å². The molecule has 0 fully saturated rings. The second kappa shape index (κ2) is 4.54. The summed E-state index contributed by atoms with van der Waals surface area (Å²) >= 11 is 6.01. The van der Waals surface area contributed by atoms with Crippen molar-refractivity contribution in [1.82, 2.24) is 0 Å². The zero-order valence-electron chi connectivity index (χ0n) is 10.4. The highest BCUT2D eigenvalue weighted by molar-refractivity contribution is 6.30. The molecule has 0 nitrogen and oxygen atoms in total. The van der Waals surface area contributed by atoms with E-state index in [2.05, 4.69) is 45.0 Å². The summed E-state index contributed by atoms with van der Waals surface area (Å²) in [4.78, 5) is 0. The second-order valence-electron chi connectivity index (χ2n) is 5.25. The van der Waals surface area contributed by atoms with Crippen LogP contribution in [0.3, 0.4) is 0 Å². The Balaban J connectivity index is 2.47. The average Bonchev–Trinajstić information content (AvgIpc) is 2.28. The zero-order chi connectivity index (χ0) is 12.5. The van der Waals surface area contributed by atoms with E-state index in [0.29, 0.717) is 0 Å². The minimum Gasteiger partial charge on any atom is -0.0843 e. The van der Waals surface area contributed by atoms with Gasteiger partial charge in [0.25, 0.3) is 0 Å². The summed E-state index contributed by atoms with van der Waals surface area (Å²) in [5.41, 5.74) is 3.68. The fraction of sp³-hybridized carbons (Fsp3) is 0.250. The summed E-state index contributed by atoms with van der Waals surface area (Å²) in [6, 6.07) is 17.4. The first kappa shape index (κ1) is 12.2. The van der Waals surface area contributed by atoms with Gasteiger partial charge in [-0.05, 0) is 40.3 Å². The van der Waals surface area contributed by atoms with Gasteiger partial charge in [0.15, 0.2) is 0 Å². The van der Waals surface area contributed by atoms with Crippen molar-refractivity contribution < 1.29 is 0 Å². The summed E-state index contributed by atoms with van der Waals surface area (Å²) in [5, 5.41) is 0.761. The molecule has 2 aromatic carbocycles. The van der Waals surface area contributed by atoms with Crippen molar-refractivity contribution >= 4 is 11.6 Å². The molecule has 0 aliphatic rings. The monoisotopic (exact) mass is 243 g/mol. The van der Waals surface area contributed by atoms with E-state index in [1.165, 1.54) is 5.56 Å². The van der Waals surface area contributed by atoms with Crippen LogP contribution in [-0.4, -0.2) is 0 Å². The molecule has 0 heterocycles. The van der Waals surface area contributed by atoms with Crippen molar-refractivity contribution in [2.75, 3.05) is 0 Å².